The summed E-state index contributed by atoms with van der Waals surface area (Å²) in [5, 5.41) is 7.64. The highest BCUT2D eigenvalue weighted by Gasteiger charge is 2.39. The number of hydrogen-bond acceptors (Lipinski definition) is 8. The topological polar surface area (TPSA) is 175 Å². The van der Waals surface area contributed by atoms with Crippen LogP contribution in [0.4, 0.5) is 9.59 Å². The minimum absolute atomic E-state index is 0.108. The molecule has 320 valence electrons. The van der Waals surface area contributed by atoms with Crippen molar-refractivity contribution in [1.29, 1.82) is 0 Å². The first-order valence-corrected chi connectivity index (χ1v) is 21.1. The van der Waals surface area contributed by atoms with Crippen LogP contribution in [0.3, 0.4) is 0 Å². The highest BCUT2D eigenvalue weighted by atomic mass is 16.5. The van der Waals surface area contributed by atoms with Gasteiger partial charge in [0, 0.05) is 18.7 Å². The quantitative estimate of drug-likeness (QED) is 0.101. The second-order valence-electron chi connectivity index (χ2n) is 16.4. The molecule has 4 aromatic carbocycles. The zero-order chi connectivity index (χ0) is 43.5. The SMILES string of the molecule is COC(=O)NC(C(=O)N1CCC[C@H]1c1ncc(-c2ccc3cc(-c4ccc(-c5cnc([C@@H]6CCCN6C(=O)[C@H](NC(=O)OC)c6ccccc6C)[nH]5)cc4)ccc3c2)[nH]1)C(C)C. The van der Waals surface area contributed by atoms with Crippen LogP contribution in [0.1, 0.15) is 80.4 Å². The molecule has 2 aliphatic rings. The third-order valence-electron chi connectivity index (χ3n) is 12.2. The molecule has 14 nitrogen and oxygen atoms in total. The Hall–Kier alpha value is -6.96. The number of H-pyrrole nitrogens is 2. The van der Waals surface area contributed by atoms with E-state index in [1.165, 1.54) is 14.2 Å². The van der Waals surface area contributed by atoms with Gasteiger partial charge >= 0.3 is 12.2 Å². The number of nitrogens with zero attached hydrogens (tertiary/aromatic N) is 4. The van der Waals surface area contributed by atoms with Crippen molar-refractivity contribution in [3.8, 4) is 33.6 Å². The molecule has 4 amide bonds. The lowest BCUT2D eigenvalue weighted by Crippen LogP contribution is -2.51. The van der Waals surface area contributed by atoms with Crippen LogP contribution < -0.4 is 10.6 Å². The Morgan fingerprint density at radius 2 is 1.18 bits per heavy atom. The van der Waals surface area contributed by atoms with Crippen LogP contribution >= 0.6 is 0 Å². The molecule has 2 fully saturated rings. The van der Waals surface area contributed by atoms with Crippen molar-refractivity contribution in [2.24, 2.45) is 5.92 Å². The van der Waals surface area contributed by atoms with Crippen LogP contribution in [0.25, 0.3) is 44.4 Å². The summed E-state index contributed by atoms with van der Waals surface area (Å²) in [7, 11) is 2.58. The second kappa shape index (κ2) is 17.9. The Morgan fingerprint density at radius 1 is 0.661 bits per heavy atom. The predicted octanol–water partition coefficient (Wildman–Crippen LogP) is 8.40. The van der Waals surface area contributed by atoms with Crippen molar-refractivity contribution >= 4 is 34.8 Å². The van der Waals surface area contributed by atoms with E-state index in [2.05, 4.69) is 81.3 Å². The van der Waals surface area contributed by atoms with Gasteiger partial charge in [-0.2, -0.15) is 0 Å². The molecule has 2 aromatic heterocycles. The van der Waals surface area contributed by atoms with E-state index in [-0.39, 0.29) is 29.8 Å². The summed E-state index contributed by atoms with van der Waals surface area (Å²) in [5.74, 6) is 0.981. The molecule has 2 aliphatic heterocycles. The fourth-order valence-corrected chi connectivity index (χ4v) is 8.77. The lowest BCUT2D eigenvalue weighted by Gasteiger charge is -2.30. The van der Waals surface area contributed by atoms with Gasteiger partial charge in [-0.15, -0.1) is 0 Å². The number of ether oxygens (including phenoxy) is 2. The number of benzene rings is 4. The Morgan fingerprint density at radius 3 is 1.77 bits per heavy atom. The van der Waals surface area contributed by atoms with Gasteiger partial charge in [0.2, 0.25) is 5.91 Å². The number of carbonyl (C=O) groups excluding carboxylic acids is 4. The molecule has 4 atom stereocenters. The lowest BCUT2D eigenvalue weighted by molar-refractivity contribution is -0.135. The molecule has 1 unspecified atom stereocenters. The van der Waals surface area contributed by atoms with E-state index in [0.717, 1.165) is 87.0 Å². The van der Waals surface area contributed by atoms with Crippen LogP contribution in [0.2, 0.25) is 0 Å². The Balaban J connectivity index is 0.946. The molecular weight excluding hydrogens is 785 g/mol. The van der Waals surface area contributed by atoms with Gasteiger partial charge in [-0.05, 0) is 89.2 Å². The average molecular weight is 837 g/mol. The number of aromatic amines is 2. The number of rotatable bonds is 11. The zero-order valence-corrected chi connectivity index (χ0v) is 35.6. The molecule has 62 heavy (non-hydrogen) atoms. The maximum Gasteiger partial charge on any atom is 0.407 e. The molecular formula is C48H52N8O6. The highest BCUT2D eigenvalue weighted by molar-refractivity contribution is 5.91. The first kappa shape index (κ1) is 41.8. The number of amides is 4. The number of nitrogens with one attached hydrogen (secondary N) is 4. The highest BCUT2D eigenvalue weighted by Crippen LogP contribution is 2.36. The number of methoxy groups -OCH3 is 2. The summed E-state index contributed by atoms with van der Waals surface area (Å²) >= 11 is 0. The molecule has 0 aliphatic carbocycles. The van der Waals surface area contributed by atoms with Gasteiger partial charge in [-0.1, -0.05) is 86.6 Å². The Kier molecular flexibility index (Phi) is 12.1. The number of carbonyl (C=O) groups is 4. The number of hydrogen-bond donors (Lipinski definition) is 4. The van der Waals surface area contributed by atoms with Crippen molar-refractivity contribution < 1.29 is 28.7 Å². The summed E-state index contributed by atoms with van der Waals surface area (Å²) in [6.07, 6.45) is 5.53. The maximum atomic E-state index is 14.1. The third kappa shape index (κ3) is 8.49. The third-order valence-corrected chi connectivity index (χ3v) is 12.2. The van der Waals surface area contributed by atoms with E-state index in [1.54, 1.807) is 4.90 Å². The van der Waals surface area contributed by atoms with E-state index in [1.807, 2.05) is 62.3 Å². The fourth-order valence-electron chi connectivity index (χ4n) is 8.77. The molecule has 14 heteroatoms. The van der Waals surface area contributed by atoms with Crippen LogP contribution in [0, 0.1) is 12.8 Å². The number of likely N-dealkylation sites (tertiary alicyclic amines) is 2. The van der Waals surface area contributed by atoms with E-state index in [0.29, 0.717) is 18.9 Å². The van der Waals surface area contributed by atoms with E-state index >= 15 is 0 Å². The van der Waals surface area contributed by atoms with Crippen LogP contribution in [-0.2, 0) is 19.1 Å². The number of aromatic nitrogens is 4. The number of imidazole rings is 2. The van der Waals surface area contributed by atoms with Crippen molar-refractivity contribution in [3.63, 3.8) is 0 Å². The summed E-state index contributed by atoms with van der Waals surface area (Å²) < 4.78 is 9.65. The minimum Gasteiger partial charge on any atom is -0.453 e. The van der Waals surface area contributed by atoms with Gasteiger partial charge in [0.05, 0.1) is 50.1 Å². The standard InChI is InChI=1S/C48H52N8O6/c1-28(2)41(53-47(59)61-4)45(57)55-22-8-12-39(55)44-50-27-38(52-44)35-21-20-33-24-32(18-19-34(33)25-35)30-14-16-31(17-15-30)37-26-49-43(51-37)40-13-9-23-56(40)46(58)42(54-48(60)62-5)36-11-7-6-10-29(36)3/h6-7,10-11,14-21,24-28,39-42H,8-9,12-13,22-23H2,1-5H3,(H,49,51)(H,50,52)(H,53,59)(H,54,60)/t39-,40-,41?,42+/m0/s1. The number of alkyl carbamates (subject to hydrolysis) is 2. The molecule has 4 N–H and O–H groups in total. The summed E-state index contributed by atoms with van der Waals surface area (Å²) in [4.78, 5) is 72.0. The van der Waals surface area contributed by atoms with Crippen LogP contribution in [0.15, 0.2) is 97.3 Å². The normalized spacial score (nSPS) is 17.3. The van der Waals surface area contributed by atoms with Gasteiger partial charge in [-0.25, -0.2) is 19.6 Å². The van der Waals surface area contributed by atoms with E-state index in [4.69, 9.17) is 19.4 Å². The monoisotopic (exact) mass is 836 g/mol. The number of fused-ring (bicyclic) bond motifs is 1. The van der Waals surface area contributed by atoms with Crippen molar-refractivity contribution in [2.45, 2.75) is 70.6 Å². The van der Waals surface area contributed by atoms with Gasteiger partial charge in [0.25, 0.3) is 5.91 Å². The van der Waals surface area contributed by atoms with Crippen LogP contribution in [-0.4, -0.2) is 87.1 Å². The summed E-state index contributed by atoms with van der Waals surface area (Å²) in [6.45, 7) is 6.88. The average Bonchev–Trinajstić information content (AvgIpc) is 4.14. The van der Waals surface area contributed by atoms with Crippen LogP contribution in [0.5, 0.6) is 0 Å². The molecule has 0 spiro atoms. The molecule has 4 heterocycles. The first-order chi connectivity index (χ1) is 30.0. The second-order valence-corrected chi connectivity index (χ2v) is 16.4. The largest absolute Gasteiger partial charge is 0.453 e. The maximum absolute atomic E-state index is 14.1. The molecule has 8 rings (SSSR count). The molecule has 0 saturated carbocycles. The molecule has 0 radical (unpaired) electrons. The summed E-state index contributed by atoms with van der Waals surface area (Å²) in [6, 6.07) is 26.6. The number of aryl methyl sites for hydroxylation is 1. The van der Waals surface area contributed by atoms with E-state index in [9.17, 15) is 19.2 Å². The van der Waals surface area contributed by atoms with Crippen molar-refractivity contribution in [3.05, 3.63) is 120 Å². The van der Waals surface area contributed by atoms with Gasteiger partial charge in [-0.3, -0.25) is 9.59 Å². The summed E-state index contributed by atoms with van der Waals surface area (Å²) in [5.41, 5.74) is 7.47. The zero-order valence-electron chi connectivity index (χ0n) is 35.6. The van der Waals surface area contributed by atoms with E-state index < -0.39 is 24.3 Å². The Bertz CT molecular complexity index is 2600. The lowest BCUT2D eigenvalue weighted by atomic mass is 9.98. The van der Waals surface area contributed by atoms with Gasteiger partial charge in [0.15, 0.2) is 0 Å². The first-order valence-electron chi connectivity index (χ1n) is 21.1. The molecule has 2 saturated heterocycles. The predicted molar refractivity (Wildman–Crippen MR) is 236 cm³/mol. The molecule has 0 bridgehead atoms. The fraction of sp³-hybridized carbons (Fsp3) is 0.333. The van der Waals surface area contributed by atoms with Gasteiger partial charge in [0.1, 0.15) is 23.7 Å². The van der Waals surface area contributed by atoms with Crippen molar-refractivity contribution in [1.82, 2.24) is 40.4 Å². The van der Waals surface area contributed by atoms with Gasteiger partial charge < -0.3 is 39.9 Å². The van der Waals surface area contributed by atoms with Crippen molar-refractivity contribution in [2.75, 3.05) is 27.3 Å². The Labute approximate surface area is 360 Å². The smallest absolute Gasteiger partial charge is 0.407 e. The molecule has 6 aromatic rings. The minimum atomic E-state index is -0.885.